The summed E-state index contributed by atoms with van der Waals surface area (Å²) >= 11 is 0. The van der Waals surface area contributed by atoms with Crippen molar-refractivity contribution in [3.05, 3.63) is 0 Å². The fourth-order valence-corrected chi connectivity index (χ4v) is 2.81. The Morgan fingerprint density at radius 2 is 2.16 bits per heavy atom. The van der Waals surface area contributed by atoms with Crippen molar-refractivity contribution in [1.29, 1.82) is 0 Å². The molecule has 0 aromatic rings. The van der Waals surface area contributed by atoms with Crippen LogP contribution in [-0.4, -0.2) is 42.0 Å². The normalized spacial score (nSPS) is 23.1. The highest BCUT2D eigenvalue weighted by Gasteiger charge is 2.26. The van der Waals surface area contributed by atoms with E-state index in [0.29, 0.717) is 13.0 Å². The van der Waals surface area contributed by atoms with Crippen LogP contribution in [-0.2, 0) is 4.79 Å². The number of nitrogens with two attached hydrogens (primary N) is 1. The van der Waals surface area contributed by atoms with Crippen LogP contribution in [0.15, 0.2) is 0 Å². The lowest BCUT2D eigenvalue weighted by Gasteiger charge is -2.37. The Morgan fingerprint density at radius 3 is 2.68 bits per heavy atom. The molecule has 0 aliphatic carbocycles. The van der Waals surface area contributed by atoms with Crippen molar-refractivity contribution < 1.29 is 4.79 Å². The van der Waals surface area contributed by atoms with E-state index in [2.05, 4.69) is 17.1 Å². The zero-order valence-electron chi connectivity index (χ0n) is 13.0. The van der Waals surface area contributed by atoms with Crippen molar-refractivity contribution in [3.63, 3.8) is 0 Å². The molecule has 112 valence electrons. The van der Waals surface area contributed by atoms with E-state index < -0.39 is 0 Å². The molecule has 2 atom stereocenters. The molecule has 0 aromatic heterocycles. The van der Waals surface area contributed by atoms with Gasteiger partial charge in [-0.1, -0.05) is 13.3 Å². The number of rotatable bonds is 5. The summed E-state index contributed by atoms with van der Waals surface area (Å²) < 4.78 is 0. The maximum atomic E-state index is 12.0. The van der Waals surface area contributed by atoms with Crippen LogP contribution in [0.2, 0.25) is 0 Å². The zero-order chi connectivity index (χ0) is 14.5. The molecule has 3 N–H and O–H groups in total. The Balaban J connectivity index is 2.50. The first-order valence-electron chi connectivity index (χ1n) is 7.60. The average Bonchev–Trinajstić information content (AvgIpc) is 2.34. The smallest absolute Gasteiger partial charge is 0.222 e. The van der Waals surface area contributed by atoms with Gasteiger partial charge in [0.2, 0.25) is 5.91 Å². The topological polar surface area (TPSA) is 58.4 Å². The summed E-state index contributed by atoms with van der Waals surface area (Å²) in [5.74, 6) is 0.884. The minimum absolute atomic E-state index is 0.113. The highest BCUT2D eigenvalue weighted by molar-refractivity contribution is 5.77. The highest BCUT2D eigenvalue weighted by atomic mass is 16.1. The number of hydrogen-bond acceptors (Lipinski definition) is 3. The van der Waals surface area contributed by atoms with Gasteiger partial charge in [0.15, 0.2) is 0 Å². The molecule has 1 rings (SSSR count). The van der Waals surface area contributed by atoms with Crippen LogP contribution in [0.3, 0.4) is 0 Å². The van der Waals surface area contributed by atoms with E-state index in [1.807, 2.05) is 20.8 Å². The van der Waals surface area contributed by atoms with Crippen molar-refractivity contribution in [3.8, 4) is 0 Å². The van der Waals surface area contributed by atoms with Gasteiger partial charge in [-0.2, -0.15) is 0 Å². The van der Waals surface area contributed by atoms with Gasteiger partial charge >= 0.3 is 0 Å². The second-order valence-corrected chi connectivity index (χ2v) is 6.80. The largest absolute Gasteiger partial charge is 0.351 e. The van der Waals surface area contributed by atoms with E-state index in [0.717, 1.165) is 19.0 Å². The molecule has 4 nitrogen and oxygen atoms in total. The minimum atomic E-state index is -0.163. The fraction of sp³-hybridized carbons (Fsp3) is 0.933. The Kier molecular flexibility index (Phi) is 6.27. The predicted octanol–water partition coefficient (Wildman–Crippen LogP) is 1.74. The fourth-order valence-electron chi connectivity index (χ4n) is 2.81. The summed E-state index contributed by atoms with van der Waals surface area (Å²) in [4.78, 5) is 14.4. The molecule has 1 aliphatic rings. The van der Waals surface area contributed by atoms with Gasteiger partial charge in [-0.15, -0.1) is 0 Å². The molecule has 19 heavy (non-hydrogen) atoms. The second kappa shape index (κ2) is 7.25. The Bertz CT molecular complexity index is 286. The third kappa shape index (κ3) is 5.91. The number of nitrogens with zero attached hydrogens (tertiary/aromatic N) is 1. The molecule has 1 fully saturated rings. The molecule has 2 unspecified atom stereocenters. The summed E-state index contributed by atoms with van der Waals surface area (Å²) in [5.41, 5.74) is 5.72. The van der Waals surface area contributed by atoms with Gasteiger partial charge in [-0.05, 0) is 46.1 Å². The van der Waals surface area contributed by atoms with Crippen molar-refractivity contribution in [1.82, 2.24) is 10.2 Å². The Labute approximate surface area is 118 Å². The number of hydrogen-bond donors (Lipinski definition) is 2. The molecule has 0 bridgehead atoms. The van der Waals surface area contributed by atoms with Crippen LogP contribution < -0.4 is 11.1 Å². The average molecular weight is 269 g/mol. The van der Waals surface area contributed by atoms with E-state index in [1.165, 1.54) is 19.3 Å². The van der Waals surface area contributed by atoms with E-state index in [4.69, 9.17) is 5.73 Å². The molecule has 0 aromatic carbocycles. The lowest BCUT2D eigenvalue weighted by molar-refractivity contribution is -0.123. The van der Waals surface area contributed by atoms with Gasteiger partial charge in [0.05, 0.1) is 0 Å². The number of nitrogens with one attached hydrogen (secondary N) is 1. The van der Waals surface area contributed by atoms with Crippen LogP contribution in [0.1, 0.15) is 53.4 Å². The molecule has 1 amide bonds. The quantitative estimate of drug-likeness (QED) is 0.799. The second-order valence-electron chi connectivity index (χ2n) is 6.80. The summed E-state index contributed by atoms with van der Waals surface area (Å²) in [7, 11) is 0. The SMILES string of the molecule is CCC1CCCN(C(CN)CC(=O)NC(C)(C)C)C1. The molecule has 0 radical (unpaired) electrons. The molecule has 0 saturated carbocycles. The third-order valence-electron chi connectivity index (χ3n) is 3.85. The predicted molar refractivity (Wildman–Crippen MR) is 79.9 cm³/mol. The van der Waals surface area contributed by atoms with Crippen LogP contribution >= 0.6 is 0 Å². The van der Waals surface area contributed by atoms with Gasteiger partial charge in [-0.25, -0.2) is 0 Å². The first kappa shape index (κ1) is 16.4. The van der Waals surface area contributed by atoms with E-state index >= 15 is 0 Å². The third-order valence-corrected chi connectivity index (χ3v) is 3.85. The minimum Gasteiger partial charge on any atom is -0.351 e. The number of piperidine rings is 1. The van der Waals surface area contributed by atoms with E-state index in [9.17, 15) is 4.79 Å². The number of likely N-dealkylation sites (tertiary alicyclic amines) is 1. The maximum Gasteiger partial charge on any atom is 0.222 e. The van der Waals surface area contributed by atoms with Gasteiger partial charge in [0, 0.05) is 31.1 Å². The summed E-state index contributed by atoms with van der Waals surface area (Å²) in [6.07, 6.45) is 4.29. The molecular weight excluding hydrogens is 238 g/mol. The summed E-state index contributed by atoms with van der Waals surface area (Å²) in [6.45, 7) is 11.0. The Morgan fingerprint density at radius 1 is 1.47 bits per heavy atom. The van der Waals surface area contributed by atoms with Gasteiger partial charge in [-0.3, -0.25) is 9.69 Å². The molecular formula is C15H31N3O. The van der Waals surface area contributed by atoms with Gasteiger partial charge in [0.25, 0.3) is 0 Å². The standard InChI is InChI=1S/C15H31N3O/c1-5-12-7-6-8-18(11-12)13(10-16)9-14(19)17-15(2,3)4/h12-13H,5-11,16H2,1-4H3,(H,17,19). The summed E-state index contributed by atoms with van der Waals surface area (Å²) in [6, 6.07) is 0.191. The van der Waals surface area contributed by atoms with Crippen molar-refractivity contribution in [2.24, 2.45) is 11.7 Å². The van der Waals surface area contributed by atoms with Crippen LogP contribution in [0, 0.1) is 5.92 Å². The van der Waals surface area contributed by atoms with Crippen LogP contribution in [0.5, 0.6) is 0 Å². The Hall–Kier alpha value is -0.610. The van der Waals surface area contributed by atoms with Crippen LogP contribution in [0.25, 0.3) is 0 Å². The molecule has 1 saturated heterocycles. The summed E-state index contributed by atoms with van der Waals surface area (Å²) in [5, 5.41) is 3.03. The molecule has 1 aliphatic heterocycles. The van der Waals surface area contributed by atoms with Gasteiger partial charge < -0.3 is 11.1 Å². The van der Waals surface area contributed by atoms with Crippen LogP contribution in [0.4, 0.5) is 0 Å². The zero-order valence-corrected chi connectivity index (χ0v) is 13.0. The van der Waals surface area contributed by atoms with E-state index in [1.54, 1.807) is 0 Å². The number of carbonyl (C=O) groups is 1. The number of carbonyl (C=O) groups excluding carboxylic acids is 1. The highest BCUT2D eigenvalue weighted by Crippen LogP contribution is 2.21. The molecule has 1 heterocycles. The van der Waals surface area contributed by atoms with Crippen molar-refractivity contribution >= 4 is 5.91 Å². The lowest BCUT2D eigenvalue weighted by Crippen LogP contribution is -2.50. The molecule has 4 heteroatoms. The first-order chi connectivity index (χ1) is 8.85. The van der Waals surface area contributed by atoms with Crippen molar-refractivity contribution in [2.45, 2.75) is 65.0 Å². The van der Waals surface area contributed by atoms with Crippen molar-refractivity contribution in [2.75, 3.05) is 19.6 Å². The van der Waals surface area contributed by atoms with Gasteiger partial charge in [0.1, 0.15) is 0 Å². The maximum absolute atomic E-state index is 12.0. The molecule has 0 spiro atoms. The monoisotopic (exact) mass is 269 g/mol. The lowest BCUT2D eigenvalue weighted by atomic mass is 9.94. The number of amides is 1. The van der Waals surface area contributed by atoms with E-state index in [-0.39, 0.29) is 17.5 Å². The first-order valence-corrected chi connectivity index (χ1v) is 7.60.